The molecule has 0 aliphatic carbocycles. The monoisotopic (exact) mass is 230 g/mol. The molecule has 0 aliphatic rings. The van der Waals surface area contributed by atoms with Crippen LogP contribution in [0.25, 0.3) is 0 Å². The van der Waals surface area contributed by atoms with Crippen LogP contribution in [0.1, 0.15) is 24.3 Å². The van der Waals surface area contributed by atoms with Crippen LogP contribution in [-0.2, 0) is 0 Å². The molecule has 0 fully saturated rings. The lowest BCUT2D eigenvalue weighted by molar-refractivity contribution is 0.198. The van der Waals surface area contributed by atoms with Crippen LogP contribution in [0.3, 0.4) is 0 Å². The second-order valence-electron chi connectivity index (χ2n) is 3.84. The molecule has 0 spiro atoms. The number of ether oxygens (including phenoxy) is 1. The van der Waals surface area contributed by atoms with E-state index in [1.54, 1.807) is 31.5 Å². The molecular formula is C13H14N2O2. The zero-order valence-electron chi connectivity index (χ0n) is 9.79. The van der Waals surface area contributed by atoms with Crippen LogP contribution in [0.2, 0.25) is 0 Å². The third-order valence-electron chi connectivity index (χ3n) is 2.35. The Morgan fingerprint density at radius 2 is 2.06 bits per heavy atom. The van der Waals surface area contributed by atoms with E-state index in [-0.39, 0.29) is 0 Å². The Kier molecular flexibility index (Phi) is 3.35. The van der Waals surface area contributed by atoms with Gasteiger partial charge in [0.1, 0.15) is 5.75 Å². The highest BCUT2D eigenvalue weighted by atomic mass is 16.5. The van der Waals surface area contributed by atoms with Gasteiger partial charge in [-0.25, -0.2) is 4.98 Å². The van der Waals surface area contributed by atoms with Crippen molar-refractivity contribution < 1.29 is 9.84 Å². The molecule has 0 aromatic carbocycles. The molecule has 1 atom stereocenters. The Labute approximate surface area is 99.9 Å². The molecule has 1 N–H and O–H groups in total. The minimum atomic E-state index is -0.531. The zero-order valence-corrected chi connectivity index (χ0v) is 9.79. The molecule has 88 valence electrons. The van der Waals surface area contributed by atoms with Crippen LogP contribution < -0.4 is 4.74 Å². The highest BCUT2D eigenvalue weighted by Gasteiger charge is 2.04. The molecule has 0 radical (unpaired) electrons. The largest absolute Gasteiger partial charge is 0.437 e. The predicted octanol–water partition coefficient (Wildman–Crippen LogP) is 2.63. The maximum atomic E-state index is 9.45. The van der Waals surface area contributed by atoms with Crippen LogP contribution in [0.15, 0.2) is 36.7 Å². The molecule has 2 rings (SSSR count). The van der Waals surface area contributed by atoms with Gasteiger partial charge in [-0.1, -0.05) is 0 Å². The van der Waals surface area contributed by atoms with Gasteiger partial charge in [0.25, 0.3) is 0 Å². The van der Waals surface area contributed by atoms with E-state index in [0.717, 1.165) is 11.3 Å². The van der Waals surface area contributed by atoms with E-state index in [1.165, 1.54) is 0 Å². The maximum absolute atomic E-state index is 9.45. The van der Waals surface area contributed by atoms with E-state index in [9.17, 15) is 5.11 Å². The number of hydrogen-bond donors (Lipinski definition) is 1. The van der Waals surface area contributed by atoms with Gasteiger partial charge in [0.15, 0.2) is 0 Å². The lowest BCUT2D eigenvalue weighted by Gasteiger charge is -2.07. The van der Waals surface area contributed by atoms with Crippen molar-refractivity contribution in [3.63, 3.8) is 0 Å². The third-order valence-corrected chi connectivity index (χ3v) is 2.35. The summed E-state index contributed by atoms with van der Waals surface area (Å²) in [7, 11) is 0. The van der Waals surface area contributed by atoms with Crippen LogP contribution in [0.5, 0.6) is 11.6 Å². The summed E-state index contributed by atoms with van der Waals surface area (Å²) in [5.41, 5.74) is 1.71. The summed E-state index contributed by atoms with van der Waals surface area (Å²) in [4.78, 5) is 8.21. The van der Waals surface area contributed by atoms with Crippen molar-refractivity contribution in [2.24, 2.45) is 0 Å². The first-order valence-corrected chi connectivity index (χ1v) is 5.39. The quantitative estimate of drug-likeness (QED) is 0.880. The summed E-state index contributed by atoms with van der Waals surface area (Å²) in [5.74, 6) is 1.08. The number of hydrogen-bond acceptors (Lipinski definition) is 4. The lowest BCUT2D eigenvalue weighted by atomic mass is 10.2. The van der Waals surface area contributed by atoms with Crippen molar-refractivity contribution in [1.29, 1.82) is 0 Å². The molecule has 4 heteroatoms. The first-order valence-electron chi connectivity index (χ1n) is 5.39. The zero-order chi connectivity index (χ0) is 12.3. The van der Waals surface area contributed by atoms with Gasteiger partial charge in [-0.15, -0.1) is 0 Å². The van der Waals surface area contributed by atoms with E-state index in [0.29, 0.717) is 11.6 Å². The fourth-order valence-corrected chi connectivity index (χ4v) is 1.38. The SMILES string of the molecule is Cc1ccc(Oc2cc(C(C)O)ccn2)cn1. The molecule has 4 nitrogen and oxygen atoms in total. The van der Waals surface area contributed by atoms with Crippen LogP contribution in [0, 0.1) is 6.92 Å². The average molecular weight is 230 g/mol. The minimum Gasteiger partial charge on any atom is -0.437 e. The van der Waals surface area contributed by atoms with E-state index in [1.807, 2.05) is 19.1 Å². The van der Waals surface area contributed by atoms with Gasteiger partial charge >= 0.3 is 0 Å². The fraction of sp³-hybridized carbons (Fsp3) is 0.231. The Morgan fingerprint density at radius 3 is 2.71 bits per heavy atom. The standard InChI is InChI=1S/C13H14N2O2/c1-9-3-4-12(8-15-9)17-13-7-11(10(2)16)5-6-14-13/h3-8,10,16H,1-2H3. The van der Waals surface area contributed by atoms with Crippen molar-refractivity contribution in [1.82, 2.24) is 9.97 Å². The van der Waals surface area contributed by atoms with Gasteiger partial charge in [0, 0.05) is 18.0 Å². The summed E-state index contributed by atoms with van der Waals surface area (Å²) in [5, 5.41) is 9.45. The Bertz CT molecular complexity index is 495. The van der Waals surface area contributed by atoms with Gasteiger partial charge in [0.05, 0.1) is 12.3 Å². The molecule has 0 amide bonds. The number of nitrogens with zero attached hydrogens (tertiary/aromatic N) is 2. The number of aliphatic hydroxyl groups is 1. The number of aliphatic hydroxyl groups excluding tert-OH is 1. The molecule has 2 heterocycles. The second kappa shape index (κ2) is 4.93. The normalized spacial score (nSPS) is 12.2. The summed E-state index contributed by atoms with van der Waals surface area (Å²) in [6.45, 7) is 3.61. The summed E-state index contributed by atoms with van der Waals surface area (Å²) < 4.78 is 5.54. The lowest BCUT2D eigenvalue weighted by Crippen LogP contribution is -1.94. The summed E-state index contributed by atoms with van der Waals surface area (Å²) >= 11 is 0. The molecule has 2 aromatic rings. The first kappa shape index (κ1) is 11.5. The number of rotatable bonds is 3. The highest BCUT2D eigenvalue weighted by Crippen LogP contribution is 2.21. The van der Waals surface area contributed by atoms with E-state index in [2.05, 4.69) is 9.97 Å². The molecule has 0 aliphatic heterocycles. The molecule has 2 aromatic heterocycles. The van der Waals surface area contributed by atoms with Gasteiger partial charge < -0.3 is 9.84 Å². The second-order valence-corrected chi connectivity index (χ2v) is 3.84. The number of pyridine rings is 2. The van der Waals surface area contributed by atoms with Gasteiger partial charge in [-0.2, -0.15) is 0 Å². The van der Waals surface area contributed by atoms with Crippen LogP contribution in [-0.4, -0.2) is 15.1 Å². The summed E-state index contributed by atoms with van der Waals surface area (Å²) in [6.07, 6.45) is 2.72. The Morgan fingerprint density at radius 1 is 1.24 bits per heavy atom. The highest BCUT2D eigenvalue weighted by molar-refractivity contribution is 5.28. The molecule has 0 bridgehead atoms. The van der Waals surface area contributed by atoms with Gasteiger partial charge in [-0.3, -0.25) is 4.98 Å². The molecule has 0 saturated heterocycles. The number of aromatic nitrogens is 2. The van der Waals surface area contributed by atoms with Crippen LogP contribution in [0.4, 0.5) is 0 Å². The van der Waals surface area contributed by atoms with E-state index in [4.69, 9.17) is 4.74 Å². The van der Waals surface area contributed by atoms with Crippen molar-refractivity contribution in [2.45, 2.75) is 20.0 Å². The first-order chi connectivity index (χ1) is 8.15. The van der Waals surface area contributed by atoms with Crippen molar-refractivity contribution >= 4 is 0 Å². The number of aryl methyl sites for hydroxylation is 1. The Hall–Kier alpha value is -1.94. The molecule has 1 unspecified atom stereocenters. The maximum Gasteiger partial charge on any atom is 0.219 e. The van der Waals surface area contributed by atoms with Crippen molar-refractivity contribution in [3.8, 4) is 11.6 Å². The molecular weight excluding hydrogens is 216 g/mol. The molecule has 17 heavy (non-hydrogen) atoms. The average Bonchev–Trinajstić information content (AvgIpc) is 2.32. The van der Waals surface area contributed by atoms with E-state index < -0.39 is 6.10 Å². The van der Waals surface area contributed by atoms with Gasteiger partial charge in [0.2, 0.25) is 5.88 Å². The van der Waals surface area contributed by atoms with Gasteiger partial charge in [-0.05, 0) is 37.6 Å². The predicted molar refractivity (Wildman–Crippen MR) is 63.9 cm³/mol. The smallest absolute Gasteiger partial charge is 0.219 e. The van der Waals surface area contributed by atoms with Crippen LogP contribution >= 0.6 is 0 Å². The van der Waals surface area contributed by atoms with E-state index >= 15 is 0 Å². The third kappa shape index (κ3) is 3.01. The summed E-state index contributed by atoms with van der Waals surface area (Å²) in [6, 6.07) is 7.17. The molecule has 0 saturated carbocycles. The topological polar surface area (TPSA) is 55.2 Å². The van der Waals surface area contributed by atoms with Crippen molar-refractivity contribution in [3.05, 3.63) is 47.9 Å². The Balaban J connectivity index is 2.18. The van der Waals surface area contributed by atoms with Crippen molar-refractivity contribution in [2.75, 3.05) is 0 Å². The fourth-order valence-electron chi connectivity index (χ4n) is 1.38. The minimum absolute atomic E-state index is 0.453.